The van der Waals surface area contributed by atoms with E-state index in [1.54, 1.807) is 31.2 Å². The molecule has 1 aliphatic rings. The van der Waals surface area contributed by atoms with Crippen molar-refractivity contribution in [1.29, 1.82) is 0 Å². The van der Waals surface area contributed by atoms with Crippen molar-refractivity contribution < 1.29 is 14.4 Å². The summed E-state index contributed by atoms with van der Waals surface area (Å²) in [4.78, 5) is 38.7. The highest BCUT2D eigenvalue weighted by Crippen LogP contribution is 2.24. The number of hydrogen-bond acceptors (Lipinski definition) is 6. The summed E-state index contributed by atoms with van der Waals surface area (Å²) in [5, 5.41) is 17.9. The van der Waals surface area contributed by atoms with Gasteiger partial charge in [0.1, 0.15) is 0 Å². The van der Waals surface area contributed by atoms with Gasteiger partial charge in [0.15, 0.2) is 5.82 Å². The molecule has 0 saturated carbocycles. The Morgan fingerprint density at radius 1 is 0.947 bits per heavy atom. The Hall–Kier alpha value is -3.98. The van der Waals surface area contributed by atoms with Crippen LogP contribution in [0.4, 0.5) is 11.5 Å². The van der Waals surface area contributed by atoms with Crippen LogP contribution in [0.2, 0.25) is 5.02 Å². The van der Waals surface area contributed by atoms with E-state index in [4.69, 9.17) is 11.6 Å². The molecule has 3 aromatic rings. The molecule has 1 saturated heterocycles. The second-order valence-corrected chi connectivity index (χ2v) is 9.53. The number of amides is 3. The van der Waals surface area contributed by atoms with Crippen molar-refractivity contribution in [1.82, 2.24) is 20.8 Å². The van der Waals surface area contributed by atoms with Crippen molar-refractivity contribution in [2.45, 2.75) is 26.2 Å². The molecule has 0 aliphatic carbocycles. The quantitative estimate of drug-likeness (QED) is 0.358. The number of aromatic nitrogens is 2. The summed E-state index contributed by atoms with van der Waals surface area (Å²) in [5.74, 6) is 0.220. The van der Waals surface area contributed by atoms with E-state index >= 15 is 0 Å². The number of nitrogens with zero attached hydrogens (tertiary/aromatic N) is 3. The highest BCUT2D eigenvalue weighted by molar-refractivity contribution is 6.30. The molecule has 9 nitrogen and oxygen atoms in total. The summed E-state index contributed by atoms with van der Waals surface area (Å²) >= 11 is 5.96. The van der Waals surface area contributed by atoms with E-state index in [1.807, 2.05) is 36.4 Å². The third-order valence-electron chi connectivity index (χ3n) is 6.37. The van der Waals surface area contributed by atoms with Crippen molar-refractivity contribution in [3.63, 3.8) is 0 Å². The highest BCUT2D eigenvalue weighted by atomic mass is 35.5. The van der Waals surface area contributed by atoms with E-state index in [-0.39, 0.29) is 23.6 Å². The fourth-order valence-corrected chi connectivity index (χ4v) is 4.36. The molecule has 0 spiro atoms. The first-order valence-electron chi connectivity index (χ1n) is 12.7. The lowest BCUT2D eigenvalue weighted by Gasteiger charge is -2.32. The molecule has 1 unspecified atom stereocenters. The molecular weight excluding hydrogens is 504 g/mol. The molecule has 1 aliphatic heterocycles. The summed E-state index contributed by atoms with van der Waals surface area (Å²) in [7, 11) is 0. The number of benzene rings is 2. The molecule has 0 bridgehead atoms. The second-order valence-electron chi connectivity index (χ2n) is 9.09. The Bertz CT molecular complexity index is 1250. The van der Waals surface area contributed by atoms with Gasteiger partial charge in [-0.15, -0.1) is 10.2 Å². The number of piperidine rings is 1. The van der Waals surface area contributed by atoms with E-state index < -0.39 is 0 Å². The molecule has 1 fully saturated rings. The van der Waals surface area contributed by atoms with Gasteiger partial charge in [0.2, 0.25) is 11.8 Å². The summed E-state index contributed by atoms with van der Waals surface area (Å²) in [6, 6.07) is 18.0. The molecule has 3 amide bonds. The summed E-state index contributed by atoms with van der Waals surface area (Å²) < 4.78 is 0. The van der Waals surface area contributed by atoms with E-state index in [0.29, 0.717) is 42.3 Å². The lowest BCUT2D eigenvalue weighted by atomic mass is 9.97. The minimum atomic E-state index is -0.239. The van der Waals surface area contributed by atoms with Gasteiger partial charge in [0.25, 0.3) is 5.91 Å². The zero-order chi connectivity index (χ0) is 26.9. The highest BCUT2D eigenvalue weighted by Gasteiger charge is 2.26. The van der Waals surface area contributed by atoms with E-state index in [0.717, 1.165) is 36.5 Å². The Kier molecular flexibility index (Phi) is 9.26. The second kappa shape index (κ2) is 13.0. The predicted molar refractivity (Wildman–Crippen MR) is 148 cm³/mol. The molecule has 0 radical (unpaired) electrons. The number of rotatable bonds is 9. The Labute approximate surface area is 227 Å². The van der Waals surface area contributed by atoms with Gasteiger partial charge in [-0.3, -0.25) is 14.4 Å². The van der Waals surface area contributed by atoms with Crippen molar-refractivity contribution in [2.75, 3.05) is 36.4 Å². The normalized spacial score (nSPS) is 15.0. The van der Waals surface area contributed by atoms with Gasteiger partial charge in [-0.25, -0.2) is 0 Å². The van der Waals surface area contributed by atoms with Crippen LogP contribution >= 0.6 is 11.6 Å². The third kappa shape index (κ3) is 7.29. The van der Waals surface area contributed by atoms with E-state index in [2.05, 4.69) is 31.0 Å². The van der Waals surface area contributed by atoms with Gasteiger partial charge < -0.3 is 20.9 Å². The number of anilines is 2. The van der Waals surface area contributed by atoms with Crippen LogP contribution in [0.1, 0.15) is 36.5 Å². The molecule has 38 heavy (non-hydrogen) atoms. The summed E-state index contributed by atoms with van der Waals surface area (Å²) in [5.41, 5.74) is 2.83. The fourth-order valence-electron chi connectivity index (χ4n) is 4.23. The Morgan fingerprint density at radius 3 is 2.37 bits per heavy atom. The number of halogens is 1. The predicted octanol–water partition coefficient (Wildman–Crippen LogP) is 3.91. The minimum absolute atomic E-state index is 0.0364. The lowest BCUT2D eigenvalue weighted by molar-refractivity contribution is -0.125. The fraction of sp³-hybridized carbons (Fsp3) is 0.321. The van der Waals surface area contributed by atoms with Crippen LogP contribution in [-0.4, -0.2) is 54.1 Å². The van der Waals surface area contributed by atoms with Crippen molar-refractivity contribution in [3.8, 4) is 11.3 Å². The SMILES string of the molecule is CCC(=O)Nc1ccc(C(=O)NCCNC(=O)C2CCCN(c3ccc(-c4ccc(Cl)cc4)nn3)C2)cc1. The number of hydrogen-bond donors (Lipinski definition) is 3. The van der Waals surface area contributed by atoms with Crippen LogP contribution in [0.5, 0.6) is 0 Å². The molecular formula is C28H31ClN6O3. The minimum Gasteiger partial charge on any atom is -0.354 e. The zero-order valence-electron chi connectivity index (χ0n) is 21.2. The number of carbonyl (C=O) groups excluding carboxylic acids is 3. The largest absolute Gasteiger partial charge is 0.354 e. The van der Waals surface area contributed by atoms with Gasteiger partial charge in [-0.2, -0.15) is 0 Å². The van der Waals surface area contributed by atoms with Gasteiger partial charge in [-0.1, -0.05) is 30.7 Å². The molecule has 3 N–H and O–H groups in total. The maximum Gasteiger partial charge on any atom is 0.251 e. The topological polar surface area (TPSA) is 116 Å². The molecule has 1 atom stereocenters. The van der Waals surface area contributed by atoms with Crippen molar-refractivity contribution in [3.05, 3.63) is 71.2 Å². The van der Waals surface area contributed by atoms with Gasteiger partial charge in [0.05, 0.1) is 11.6 Å². The summed E-state index contributed by atoms with van der Waals surface area (Å²) in [6.45, 7) is 3.80. The molecule has 10 heteroatoms. The summed E-state index contributed by atoms with van der Waals surface area (Å²) in [6.07, 6.45) is 2.06. The first-order chi connectivity index (χ1) is 18.4. The molecule has 4 rings (SSSR count). The lowest BCUT2D eigenvalue weighted by Crippen LogP contribution is -2.45. The first kappa shape index (κ1) is 27.1. The number of nitrogens with one attached hydrogen (secondary N) is 3. The van der Waals surface area contributed by atoms with Crippen LogP contribution in [0.15, 0.2) is 60.7 Å². The third-order valence-corrected chi connectivity index (χ3v) is 6.62. The average molecular weight is 535 g/mol. The maximum atomic E-state index is 12.8. The van der Waals surface area contributed by atoms with Crippen LogP contribution in [-0.2, 0) is 9.59 Å². The van der Waals surface area contributed by atoms with E-state index in [1.165, 1.54) is 0 Å². The first-order valence-corrected chi connectivity index (χ1v) is 13.1. The molecule has 1 aromatic heterocycles. The van der Waals surface area contributed by atoms with Gasteiger partial charge in [-0.05, 0) is 61.4 Å². The van der Waals surface area contributed by atoms with Gasteiger partial charge in [0, 0.05) is 54.4 Å². The van der Waals surface area contributed by atoms with Crippen LogP contribution < -0.4 is 20.9 Å². The Morgan fingerprint density at radius 2 is 1.68 bits per heavy atom. The molecule has 2 heterocycles. The smallest absolute Gasteiger partial charge is 0.251 e. The molecule has 2 aromatic carbocycles. The van der Waals surface area contributed by atoms with E-state index in [9.17, 15) is 14.4 Å². The van der Waals surface area contributed by atoms with Gasteiger partial charge >= 0.3 is 0 Å². The Balaban J connectivity index is 1.21. The van der Waals surface area contributed by atoms with Crippen LogP contribution in [0.3, 0.4) is 0 Å². The van der Waals surface area contributed by atoms with Crippen LogP contribution in [0, 0.1) is 5.92 Å². The zero-order valence-corrected chi connectivity index (χ0v) is 22.0. The van der Waals surface area contributed by atoms with Crippen LogP contribution in [0.25, 0.3) is 11.3 Å². The maximum absolute atomic E-state index is 12.8. The molecule has 198 valence electrons. The average Bonchev–Trinajstić information content (AvgIpc) is 2.96. The van der Waals surface area contributed by atoms with Crippen molar-refractivity contribution >= 4 is 40.8 Å². The van der Waals surface area contributed by atoms with Crippen molar-refractivity contribution in [2.24, 2.45) is 5.92 Å². The standard InChI is InChI=1S/C28H31ClN6O3/c1-2-26(36)32-23-11-7-20(8-12-23)27(37)30-15-16-31-28(38)21-4-3-17-35(18-21)25-14-13-24(33-34-25)19-5-9-22(29)10-6-19/h5-14,21H,2-4,15-18H2,1H3,(H,30,37)(H,31,38)(H,32,36). The number of carbonyl (C=O) groups is 3. The monoisotopic (exact) mass is 534 g/mol.